The van der Waals surface area contributed by atoms with Gasteiger partial charge in [0, 0.05) is 12.3 Å². The molecule has 0 spiro atoms. The number of aromatic nitrogens is 3. The minimum absolute atomic E-state index is 0.156. The maximum Gasteiger partial charge on any atom is 0.271 e. The second kappa shape index (κ2) is 7.43. The molecule has 2 aromatic rings. The number of nitrogens with one attached hydrogen (secondary N) is 2. The van der Waals surface area contributed by atoms with Crippen molar-refractivity contribution in [3.8, 4) is 0 Å². The number of nitrogens with zero attached hydrogens (tertiary/aromatic N) is 2. The lowest BCUT2D eigenvalue weighted by molar-refractivity contribution is 0.0945. The van der Waals surface area contributed by atoms with E-state index in [0.29, 0.717) is 27.2 Å². The first kappa shape index (κ1) is 17.2. The average molecular weight is 342 g/mol. The first-order chi connectivity index (χ1) is 10.4. The average Bonchev–Trinajstić information content (AvgIpc) is 2.84. The SMILES string of the molecule is CCCCCSc1nc2nc(NCC(C)(C)O)sc2c(=O)[nH]1. The number of thiazole rings is 1. The lowest BCUT2D eigenvalue weighted by atomic mass is 10.1. The highest BCUT2D eigenvalue weighted by atomic mass is 32.2. The number of aliphatic hydroxyl groups is 1. The number of fused-ring (bicyclic) bond motifs is 1. The third-order valence-corrected chi connectivity index (χ3v) is 4.86. The van der Waals surface area contributed by atoms with Gasteiger partial charge in [0.05, 0.1) is 5.60 Å². The van der Waals surface area contributed by atoms with Crippen LogP contribution in [-0.2, 0) is 0 Å². The molecule has 22 heavy (non-hydrogen) atoms. The lowest BCUT2D eigenvalue weighted by Gasteiger charge is -2.16. The molecule has 0 aliphatic rings. The van der Waals surface area contributed by atoms with Gasteiger partial charge in [-0.25, -0.2) is 4.98 Å². The van der Waals surface area contributed by atoms with E-state index >= 15 is 0 Å². The number of anilines is 1. The van der Waals surface area contributed by atoms with Crippen LogP contribution in [0.2, 0.25) is 0 Å². The van der Waals surface area contributed by atoms with Crippen LogP contribution in [0.15, 0.2) is 9.95 Å². The second-order valence-corrected chi connectivity index (χ2v) is 7.85. The Balaban J connectivity index is 2.11. The largest absolute Gasteiger partial charge is 0.389 e. The number of hydrogen-bond acceptors (Lipinski definition) is 7. The second-order valence-electron chi connectivity index (χ2n) is 5.76. The molecule has 0 amide bonds. The van der Waals surface area contributed by atoms with Gasteiger partial charge in [0.2, 0.25) is 0 Å². The maximum atomic E-state index is 12.1. The predicted octanol–water partition coefficient (Wildman–Crippen LogP) is 2.84. The van der Waals surface area contributed by atoms with Gasteiger partial charge >= 0.3 is 0 Å². The standard InChI is InChI=1S/C14H22N4O2S2/c1-4-5-6-7-21-13-17-10-9(11(19)18-13)22-12(16-10)15-8-14(2,3)20/h20H,4-8H2,1-3H3,(H2,15,16,17,18,19). The summed E-state index contributed by atoms with van der Waals surface area (Å²) in [7, 11) is 0. The van der Waals surface area contributed by atoms with Crippen LogP contribution in [-0.4, -0.2) is 38.0 Å². The Morgan fingerprint density at radius 1 is 1.36 bits per heavy atom. The number of H-pyrrole nitrogens is 1. The zero-order chi connectivity index (χ0) is 16.2. The van der Waals surface area contributed by atoms with Crippen molar-refractivity contribution in [2.45, 2.75) is 50.8 Å². The quantitative estimate of drug-likeness (QED) is 0.388. The molecule has 0 fully saturated rings. The zero-order valence-electron chi connectivity index (χ0n) is 13.1. The molecule has 0 saturated heterocycles. The molecule has 122 valence electrons. The summed E-state index contributed by atoms with van der Waals surface area (Å²) in [6.07, 6.45) is 3.46. The first-order valence-corrected chi connectivity index (χ1v) is 9.19. The van der Waals surface area contributed by atoms with Crippen LogP contribution in [0.4, 0.5) is 5.13 Å². The first-order valence-electron chi connectivity index (χ1n) is 7.39. The highest BCUT2D eigenvalue weighted by Gasteiger charge is 2.15. The molecule has 0 atom stereocenters. The maximum absolute atomic E-state index is 12.1. The van der Waals surface area contributed by atoms with Crippen molar-refractivity contribution in [2.75, 3.05) is 17.6 Å². The van der Waals surface area contributed by atoms with E-state index in [9.17, 15) is 9.90 Å². The highest BCUT2D eigenvalue weighted by Crippen LogP contribution is 2.24. The molecule has 2 heterocycles. The Hall–Kier alpha value is -1.12. The molecule has 6 nitrogen and oxygen atoms in total. The van der Waals surface area contributed by atoms with Gasteiger partial charge in [-0.15, -0.1) is 0 Å². The van der Waals surface area contributed by atoms with Gasteiger partial charge in [-0.3, -0.25) is 4.79 Å². The summed E-state index contributed by atoms with van der Waals surface area (Å²) >= 11 is 2.81. The van der Waals surface area contributed by atoms with E-state index < -0.39 is 5.60 Å². The van der Waals surface area contributed by atoms with Gasteiger partial charge in [-0.05, 0) is 20.3 Å². The Bertz CT molecular complexity index is 676. The monoisotopic (exact) mass is 342 g/mol. The smallest absolute Gasteiger partial charge is 0.271 e. The van der Waals surface area contributed by atoms with E-state index in [1.165, 1.54) is 24.2 Å². The molecule has 3 N–H and O–H groups in total. The van der Waals surface area contributed by atoms with Crippen LogP contribution < -0.4 is 10.9 Å². The Morgan fingerprint density at radius 2 is 2.14 bits per heavy atom. The molecule has 0 aromatic carbocycles. The van der Waals surface area contributed by atoms with Crippen LogP contribution in [0, 0.1) is 0 Å². The van der Waals surface area contributed by atoms with E-state index in [1.807, 2.05) is 0 Å². The Kier molecular flexibility index (Phi) is 5.82. The number of unbranched alkanes of at least 4 members (excludes halogenated alkanes) is 2. The van der Waals surface area contributed by atoms with Crippen molar-refractivity contribution in [3.05, 3.63) is 10.4 Å². The summed E-state index contributed by atoms with van der Waals surface area (Å²) in [5.74, 6) is 0.941. The number of thioether (sulfide) groups is 1. The van der Waals surface area contributed by atoms with Gasteiger partial charge in [0.25, 0.3) is 5.56 Å². The van der Waals surface area contributed by atoms with Crippen LogP contribution in [0.25, 0.3) is 10.3 Å². The number of aromatic amines is 1. The highest BCUT2D eigenvalue weighted by molar-refractivity contribution is 7.99. The normalized spacial score (nSPS) is 12.0. The summed E-state index contributed by atoms with van der Waals surface area (Å²) in [6.45, 7) is 5.95. The predicted molar refractivity (Wildman–Crippen MR) is 93.1 cm³/mol. The molecule has 0 unspecified atom stereocenters. The zero-order valence-corrected chi connectivity index (χ0v) is 14.7. The fraction of sp³-hybridized carbons (Fsp3) is 0.643. The molecule has 0 bridgehead atoms. The third kappa shape index (κ3) is 4.96. The van der Waals surface area contributed by atoms with E-state index in [4.69, 9.17) is 0 Å². The van der Waals surface area contributed by atoms with Gasteiger partial charge in [-0.2, -0.15) is 4.98 Å². The summed E-state index contributed by atoms with van der Waals surface area (Å²) in [4.78, 5) is 23.6. The third-order valence-electron chi connectivity index (χ3n) is 2.90. The molecule has 2 aromatic heterocycles. The van der Waals surface area contributed by atoms with Gasteiger partial charge in [-0.1, -0.05) is 42.9 Å². The number of hydrogen-bond donors (Lipinski definition) is 3. The number of rotatable bonds is 8. The summed E-state index contributed by atoms with van der Waals surface area (Å²) in [6, 6.07) is 0. The molecule has 2 rings (SSSR count). The topological polar surface area (TPSA) is 90.9 Å². The molecular formula is C14H22N4O2S2. The van der Waals surface area contributed by atoms with Crippen LogP contribution >= 0.6 is 23.1 Å². The molecule has 0 saturated carbocycles. The van der Waals surface area contributed by atoms with E-state index in [2.05, 4.69) is 27.2 Å². The fourth-order valence-corrected chi connectivity index (χ4v) is 3.42. The van der Waals surface area contributed by atoms with Crippen LogP contribution in [0.1, 0.15) is 40.0 Å². The lowest BCUT2D eigenvalue weighted by Crippen LogP contribution is -2.29. The van der Waals surface area contributed by atoms with E-state index in [1.54, 1.807) is 25.6 Å². The van der Waals surface area contributed by atoms with Crippen molar-refractivity contribution in [3.63, 3.8) is 0 Å². The van der Waals surface area contributed by atoms with Crippen molar-refractivity contribution in [1.29, 1.82) is 0 Å². The van der Waals surface area contributed by atoms with Gasteiger partial charge in [0.1, 0.15) is 4.70 Å². The Labute approximate surface area is 137 Å². The van der Waals surface area contributed by atoms with Crippen molar-refractivity contribution in [1.82, 2.24) is 15.0 Å². The van der Waals surface area contributed by atoms with Crippen LogP contribution in [0.3, 0.4) is 0 Å². The van der Waals surface area contributed by atoms with Crippen molar-refractivity contribution in [2.24, 2.45) is 0 Å². The molecular weight excluding hydrogens is 320 g/mol. The summed E-state index contributed by atoms with van der Waals surface area (Å²) in [5, 5.41) is 14.0. The van der Waals surface area contributed by atoms with Crippen LogP contribution in [0.5, 0.6) is 0 Å². The van der Waals surface area contributed by atoms with E-state index in [0.717, 1.165) is 12.2 Å². The van der Waals surface area contributed by atoms with Crippen molar-refractivity contribution < 1.29 is 5.11 Å². The molecule has 0 aliphatic heterocycles. The van der Waals surface area contributed by atoms with Crippen molar-refractivity contribution >= 4 is 38.6 Å². The van der Waals surface area contributed by atoms with Gasteiger partial charge < -0.3 is 15.4 Å². The molecule has 0 aliphatic carbocycles. The minimum Gasteiger partial charge on any atom is -0.389 e. The molecule has 0 radical (unpaired) electrons. The van der Waals surface area contributed by atoms with Gasteiger partial charge in [0.15, 0.2) is 15.9 Å². The molecule has 8 heteroatoms. The van der Waals surface area contributed by atoms with E-state index in [-0.39, 0.29) is 5.56 Å². The Morgan fingerprint density at radius 3 is 2.82 bits per heavy atom. The summed E-state index contributed by atoms with van der Waals surface area (Å²) in [5.41, 5.74) is -0.528. The fourth-order valence-electron chi connectivity index (χ4n) is 1.77. The summed E-state index contributed by atoms with van der Waals surface area (Å²) < 4.78 is 0.510. The minimum atomic E-state index is -0.835.